The van der Waals surface area contributed by atoms with E-state index in [0.29, 0.717) is 31.7 Å². The molecule has 2 aromatic rings. The molecule has 0 aromatic heterocycles. The fourth-order valence-electron chi connectivity index (χ4n) is 7.36. The first-order chi connectivity index (χ1) is 19.3. The zero-order valence-corrected chi connectivity index (χ0v) is 23.9. The normalized spacial score (nSPS) is 30.4. The lowest BCUT2D eigenvalue weighted by Gasteiger charge is -2.47. The molecule has 1 saturated heterocycles. The lowest BCUT2D eigenvalue weighted by Crippen LogP contribution is -2.51. The molecule has 0 bridgehead atoms. The van der Waals surface area contributed by atoms with Crippen LogP contribution in [-0.2, 0) is 21.3 Å². The van der Waals surface area contributed by atoms with Crippen molar-refractivity contribution < 1.29 is 29.2 Å². The van der Waals surface area contributed by atoms with Crippen molar-refractivity contribution >= 4 is 23.3 Å². The van der Waals surface area contributed by atoms with Crippen LogP contribution in [0.25, 0.3) is 0 Å². The number of ether oxygens (including phenoxy) is 3. The third-order valence-electron chi connectivity index (χ3n) is 9.53. The zero-order valence-electron chi connectivity index (χ0n) is 23.2. The maximum atomic E-state index is 11.9. The SMILES string of the molecule is C[C@H](O)CO[C@@H]1CCO[C@@H]([C@@H]2CC[C@H]2CN2CC3(CCCc4cc(Cl)ccc43)COc3ccc(C(=O)O)cc32)C1. The monoisotopic (exact) mass is 569 g/mol. The van der Waals surface area contributed by atoms with Crippen molar-refractivity contribution in [3.63, 3.8) is 0 Å². The van der Waals surface area contributed by atoms with Crippen LogP contribution in [0.5, 0.6) is 5.75 Å². The summed E-state index contributed by atoms with van der Waals surface area (Å²) in [6.45, 7) is 4.95. The lowest BCUT2D eigenvalue weighted by molar-refractivity contribution is -0.124. The number of aromatic carboxylic acids is 1. The molecule has 1 saturated carbocycles. The van der Waals surface area contributed by atoms with E-state index in [9.17, 15) is 15.0 Å². The van der Waals surface area contributed by atoms with Gasteiger partial charge in [-0.05, 0) is 98.7 Å². The van der Waals surface area contributed by atoms with Crippen molar-refractivity contribution in [2.45, 2.75) is 75.6 Å². The molecular formula is C32H40ClNO6. The summed E-state index contributed by atoms with van der Waals surface area (Å²) in [7, 11) is 0. The Labute approximate surface area is 241 Å². The Balaban J connectivity index is 1.27. The molecule has 0 amide bonds. The number of halogens is 1. The van der Waals surface area contributed by atoms with E-state index >= 15 is 0 Å². The molecule has 1 spiro atoms. The Bertz CT molecular complexity index is 1240. The second-order valence-electron chi connectivity index (χ2n) is 12.3. The zero-order chi connectivity index (χ0) is 27.9. The number of carbonyl (C=O) groups is 1. The summed E-state index contributed by atoms with van der Waals surface area (Å²) in [5.74, 6) is 0.686. The van der Waals surface area contributed by atoms with Crippen LogP contribution in [0.2, 0.25) is 5.02 Å². The Morgan fingerprint density at radius 2 is 2.10 bits per heavy atom. The number of benzene rings is 2. The van der Waals surface area contributed by atoms with Crippen LogP contribution in [0, 0.1) is 11.8 Å². The number of hydrogen-bond donors (Lipinski definition) is 2. The lowest BCUT2D eigenvalue weighted by atomic mass is 9.67. The van der Waals surface area contributed by atoms with E-state index in [-0.39, 0.29) is 23.2 Å². The number of fused-ring (bicyclic) bond motifs is 3. The molecule has 40 heavy (non-hydrogen) atoms. The first kappa shape index (κ1) is 27.8. The van der Waals surface area contributed by atoms with Gasteiger partial charge in [-0.15, -0.1) is 0 Å². The fourth-order valence-corrected chi connectivity index (χ4v) is 7.56. The van der Waals surface area contributed by atoms with E-state index < -0.39 is 12.1 Å². The minimum atomic E-state index is -0.931. The second kappa shape index (κ2) is 11.5. The number of aliphatic hydroxyl groups is 1. The fraction of sp³-hybridized carbons (Fsp3) is 0.594. The molecule has 6 rings (SSSR count). The number of carboxylic acids is 1. The van der Waals surface area contributed by atoms with Crippen molar-refractivity contribution in [3.8, 4) is 5.75 Å². The molecule has 2 fully saturated rings. The number of nitrogens with zero attached hydrogens (tertiary/aromatic N) is 1. The van der Waals surface area contributed by atoms with E-state index in [0.717, 1.165) is 74.5 Å². The average Bonchev–Trinajstić information content (AvgIpc) is 3.07. The maximum absolute atomic E-state index is 11.9. The van der Waals surface area contributed by atoms with Gasteiger partial charge in [0, 0.05) is 36.6 Å². The van der Waals surface area contributed by atoms with Gasteiger partial charge in [0.15, 0.2) is 0 Å². The van der Waals surface area contributed by atoms with Gasteiger partial charge in [0.1, 0.15) is 5.75 Å². The molecule has 1 unspecified atom stereocenters. The molecule has 7 nitrogen and oxygen atoms in total. The minimum absolute atomic E-state index is 0.119. The first-order valence-corrected chi connectivity index (χ1v) is 15.1. The Morgan fingerprint density at radius 3 is 2.88 bits per heavy atom. The molecule has 216 valence electrons. The van der Waals surface area contributed by atoms with E-state index in [1.54, 1.807) is 19.1 Å². The predicted octanol–water partition coefficient (Wildman–Crippen LogP) is 5.48. The summed E-state index contributed by atoms with van der Waals surface area (Å²) in [5.41, 5.74) is 3.54. The van der Waals surface area contributed by atoms with Crippen LogP contribution in [0.4, 0.5) is 5.69 Å². The molecular weight excluding hydrogens is 530 g/mol. The highest BCUT2D eigenvalue weighted by Gasteiger charge is 2.45. The second-order valence-corrected chi connectivity index (χ2v) is 12.8. The smallest absolute Gasteiger partial charge is 0.335 e. The van der Waals surface area contributed by atoms with Gasteiger partial charge in [-0.3, -0.25) is 0 Å². The van der Waals surface area contributed by atoms with Crippen LogP contribution >= 0.6 is 11.6 Å². The van der Waals surface area contributed by atoms with Crippen LogP contribution in [0.3, 0.4) is 0 Å². The molecule has 2 N–H and O–H groups in total. The highest BCUT2D eigenvalue weighted by atomic mass is 35.5. The highest BCUT2D eigenvalue weighted by molar-refractivity contribution is 6.30. The molecule has 2 aromatic carbocycles. The number of aryl methyl sites for hydroxylation is 1. The van der Waals surface area contributed by atoms with Crippen molar-refractivity contribution in [1.29, 1.82) is 0 Å². The van der Waals surface area contributed by atoms with Crippen molar-refractivity contribution in [2.75, 3.05) is 37.8 Å². The number of anilines is 1. The molecule has 0 radical (unpaired) electrons. The van der Waals surface area contributed by atoms with Crippen molar-refractivity contribution in [1.82, 2.24) is 0 Å². The van der Waals surface area contributed by atoms with Gasteiger partial charge < -0.3 is 29.3 Å². The van der Waals surface area contributed by atoms with Gasteiger partial charge in [0.25, 0.3) is 0 Å². The summed E-state index contributed by atoms with van der Waals surface area (Å²) in [4.78, 5) is 14.3. The Kier molecular flexibility index (Phi) is 8.01. The highest BCUT2D eigenvalue weighted by Crippen LogP contribution is 2.47. The summed E-state index contributed by atoms with van der Waals surface area (Å²) < 4.78 is 18.7. The van der Waals surface area contributed by atoms with Crippen molar-refractivity contribution in [3.05, 3.63) is 58.1 Å². The Morgan fingerprint density at radius 1 is 1.23 bits per heavy atom. The summed E-state index contributed by atoms with van der Waals surface area (Å²) in [6, 6.07) is 11.5. The van der Waals surface area contributed by atoms with Gasteiger partial charge in [0.05, 0.1) is 42.8 Å². The van der Waals surface area contributed by atoms with Crippen LogP contribution in [0.1, 0.15) is 66.9 Å². The topological polar surface area (TPSA) is 88.5 Å². The minimum Gasteiger partial charge on any atom is -0.490 e. The summed E-state index contributed by atoms with van der Waals surface area (Å²) in [5, 5.41) is 20.2. The predicted molar refractivity (Wildman–Crippen MR) is 154 cm³/mol. The van der Waals surface area contributed by atoms with Gasteiger partial charge in [0.2, 0.25) is 0 Å². The molecule has 6 atom stereocenters. The van der Waals surface area contributed by atoms with E-state index in [1.807, 2.05) is 12.1 Å². The number of carboxylic acid groups (broad SMARTS) is 1. The van der Waals surface area contributed by atoms with Gasteiger partial charge in [-0.1, -0.05) is 17.7 Å². The van der Waals surface area contributed by atoms with Crippen LogP contribution < -0.4 is 9.64 Å². The number of hydrogen-bond acceptors (Lipinski definition) is 6. The standard InChI is InChI=1S/C32H40ClNO6/c1-20(35)17-39-25-10-12-38-30(15-25)26-7-4-23(26)16-34-18-32(11-2-3-21-13-24(33)6-8-27(21)32)19-40-29-9-5-22(31(36)37)14-28(29)34/h5-6,8-9,13-14,20,23,25-26,30,35H,2-4,7,10-12,15-19H2,1H3,(H,36,37)/t20-,23-,25+,26+,30+,32?/m0/s1. The molecule has 2 aliphatic heterocycles. The molecule has 2 heterocycles. The quantitative estimate of drug-likeness (QED) is 0.456. The van der Waals surface area contributed by atoms with Gasteiger partial charge in [-0.25, -0.2) is 4.79 Å². The van der Waals surface area contributed by atoms with Crippen LogP contribution in [0.15, 0.2) is 36.4 Å². The van der Waals surface area contributed by atoms with Crippen molar-refractivity contribution in [2.24, 2.45) is 11.8 Å². The molecule has 8 heteroatoms. The third-order valence-corrected chi connectivity index (χ3v) is 9.77. The number of aliphatic hydroxyl groups excluding tert-OH is 1. The third kappa shape index (κ3) is 5.58. The molecule has 2 aliphatic carbocycles. The van der Waals surface area contributed by atoms with E-state index in [4.69, 9.17) is 25.8 Å². The maximum Gasteiger partial charge on any atom is 0.335 e. The summed E-state index contributed by atoms with van der Waals surface area (Å²) in [6.07, 6.45) is 6.85. The summed E-state index contributed by atoms with van der Waals surface area (Å²) >= 11 is 6.38. The average molecular weight is 570 g/mol. The Hall–Kier alpha value is -2.32. The van der Waals surface area contributed by atoms with Crippen LogP contribution in [-0.4, -0.2) is 67.4 Å². The molecule has 4 aliphatic rings. The largest absolute Gasteiger partial charge is 0.490 e. The first-order valence-electron chi connectivity index (χ1n) is 14.8. The van der Waals surface area contributed by atoms with Gasteiger partial charge in [-0.2, -0.15) is 0 Å². The van der Waals surface area contributed by atoms with E-state index in [2.05, 4.69) is 17.0 Å². The number of rotatable bonds is 7. The van der Waals surface area contributed by atoms with Gasteiger partial charge >= 0.3 is 5.97 Å². The van der Waals surface area contributed by atoms with E-state index in [1.165, 1.54) is 11.1 Å².